The van der Waals surface area contributed by atoms with E-state index in [1.165, 1.54) is 34.1 Å². The Kier molecular flexibility index (Phi) is 6.41. The number of rotatable bonds is 7. The van der Waals surface area contributed by atoms with E-state index < -0.39 is 11.3 Å². The molecule has 2 amide bonds. The van der Waals surface area contributed by atoms with E-state index in [0.29, 0.717) is 16.4 Å². The molecule has 3 aromatic rings. The van der Waals surface area contributed by atoms with Crippen molar-refractivity contribution >= 4 is 29.7 Å². The van der Waals surface area contributed by atoms with Gasteiger partial charge in [0.2, 0.25) is 0 Å². The van der Waals surface area contributed by atoms with Crippen LogP contribution in [0.3, 0.4) is 0 Å². The maximum absolute atomic E-state index is 13.3. The number of benzene rings is 2. The van der Waals surface area contributed by atoms with Gasteiger partial charge in [-0.2, -0.15) is 5.10 Å². The zero-order chi connectivity index (χ0) is 22.5. The molecule has 0 bridgehead atoms. The zero-order valence-corrected chi connectivity index (χ0v) is 18.3. The minimum absolute atomic E-state index is 0.0708. The number of nitrogens with one attached hydrogen (secondary N) is 1. The maximum Gasteiger partial charge on any atom is 0.280 e. The van der Waals surface area contributed by atoms with E-state index in [4.69, 9.17) is 9.47 Å². The van der Waals surface area contributed by atoms with Gasteiger partial charge in [0.05, 0.1) is 19.1 Å². The van der Waals surface area contributed by atoms with Gasteiger partial charge in [-0.25, -0.2) is 14.7 Å². The van der Waals surface area contributed by atoms with E-state index in [9.17, 15) is 9.59 Å². The first kappa shape index (κ1) is 21.4. The van der Waals surface area contributed by atoms with E-state index in [1.54, 1.807) is 20.3 Å². The molecule has 0 radical (unpaired) electrons. The van der Waals surface area contributed by atoms with Crippen molar-refractivity contribution in [1.82, 2.24) is 25.2 Å². The lowest BCUT2D eigenvalue weighted by Crippen LogP contribution is -2.45. The first-order chi connectivity index (χ1) is 15.6. The van der Waals surface area contributed by atoms with Gasteiger partial charge in [0.15, 0.2) is 0 Å². The summed E-state index contributed by atoms with van der Waals surface area (Å²) >= 11 is 1.33. The summed E-state index contributed by atoms with van der Waals surface area (Å²) in [5.41, 5.74) is 4.25. The second-order valence-electron chi connectivity index (χ2n) is 6.77. The van der Waals surface area contributed by atoms with Gasteiger partial charge in [-0.1, -0.05) is 48.2 Å². The largest absolute Gasteiger partial charge is 0.496 e. The number of carbonyl (C=O) groups excluding carboxylic acids is 2. The SMILES string of the molecule is COc1ccccc1/C=C1\SC(c2ccccc2OC)N(NC(=O)Cn2cncn2)C1=O. The molecule has 1 N–H and O–H groups in total. The number of thioether (sulfide) groups is 1. The molecule has 1 fully saturated rings. The number of para-hydroxylation sites is 2. The molecule has 1 aliphatic rings. The van der Waals surface area contributed by atoms with Crippen LogP contribution in [0.4, 0.5) is 0 Å². The zero-order valence-electron chi connectivity index (χ0n) is 17.5. The summed E-state index contributed by atoms with van der Waals surface area (Å²) in [6.07, 6.45) is 4.54. The Morgan fingerprint density at radius 2 is 1.84 bits per heavy atom. The number of hydrogen-bond donors (Lipinski definition) is 1. The lowest BCUT2D eigenvalue weighted by molar-refractivity contribution is -0.138. The number of aromatic nitrogens is 3. The highest BCUT2D eigenvalue weighted by Gasteiger charge is 2.40. The van der Waals surface area contributed by atoms with Crippen LogP contribution in [0, 0.1) is 0 Å². The van der Waals surface area contributed by atoms with Crippen LogP contribution in [0.25, 0.3) is 6.08 Å². The Bertz CT molecular complexity index is 1150. The van der Waals surface area contributed by atoms with Gasteiger partial charge < -0.3 is 9.47 Å². The predicted molar refractivity (Wildman–Crippen MR) is 119 cm³/mol. The molecule has 0 saturated carbocycles. The average Bonchev–Trinajstić information content (AvgIpc) is 3.43. The van der Waals surface area contributed by atoms with Gasteiger partial charge in [0.1, 0.15) is 36.1 Å². The van der Waals surface area contributed by atoms with Crippen molar-refractivity contribution in [3.63, 3.8) is 0 Å². The number of hydrogen-bond acceptors (Lipinski definition) is 7. The first-order valence-corrected chi connectivity index (χ1v) is 10.6. The number of amides is 2. The van der Waals surface area contributed by atoms with Crippen LogP contribution >= 0.6 is 11.8 Å². The predicted octanol–water partition coefficient (Wildman–Crippen LogP) is 2.64. The third kappa shape index (κ3) is 4.45. The fraction of sp³-hybridized carbons (Fsp3) is 0.182. The van der Waals surface area contributed by atoms with Gasteiger partial charge in [-0.15, -0.1) is 0 Å². The molecule has 1 aromatic heterocycles. The van der Waals surface area contributed by atoms with Crippen LogP contribution in [0.15, 0.2) is 66.1 Å². The molecule has 32 heavy (non-hydrogen) atoms. The summed E-state index contributed by atoms with van der Waals surface area (Å²) in [6, 6.07) is 14.8. The maximum atomic E-state index is 13.3. The third-order valence-electron chi connectivity index (χ3n) is 4.75. The third-order valence-corrected chi connectivity index (χ3v) is 5.98. The topological polar surface area (TPSA) is 98.6 Å². The monoisotopic (exact) mass is 451 g/mol. The molecule has 0 spiro atoms. The van der Waals surface area contributed by atoms with Gasteiger partial charge in [-0.05, 0) is 18.2 Å². The first-order valence-electron chi connectivity index (χ1n) is 9.70. The van der Waals surface area contributed by atoms with E-state index >= 15 is 0 Å². The molecular weight excluding hydrogens is 430 g/mol. The molecule has 1 unspecified atom stereocenters. The van der Waals surface area contributed by atoms with Gasteiger partial charge in [0, 0.05) is 11.1 Å². The van der Waals surface area contributed by atoms with Crippen LogP contribution in [-0.4, -0.2) is 45.8 Å². The lowest BCUT2D eigenvalue weighted by Gasteiger charge is -2.25. The van der Waals surface area contributed by atoms with Crippen molar-refractivity contribution in [2.45, 2.75) is 11.9 Å². The second-order valence-corrected chi connectivity index (χ2v) is 7.89. The average molecular weight is 452 g/mol. The smallest absolute Gasteiger partial charge is 0.280 e. The minimum Gasteiger partial charge on any atom is -0.496 e. The summed E-state index contributed by atoms with van der Waals surface area (Å²) in [5.74, 6) is 0.536. The Morgan fingerprint density at radius 1 is 1.12 bits per heavy atom. The molecule has 2 aromatic carbocycles. The summed E-state index contributed by atoms with van der Waals surface area (Å²) in [5, 5.41) is 4.74. The molecule has 0 aliphatic carbocycles. The summed E-state index contributed by atoms with van der Waals surface area (Å²) < 4.78 is 12.3. The molecular formula is C22H21N5O4S. The van der Waals surface area contributed by atoms with Crippen LogP contribution < -0.4 is 14.9 Å². The Labute approximate surface area is 189 Å². The van der Waals surface area contributed by atoms with Crippen LogP contribution in [0.5, 0.6) is 11.5 Å². The number of methoxy groups -OCH3 is 2. The summed E-state index contributed by atoms with van der Waals surface area (Å²) in [6.45, 7) is -0.0708. The molecule has 1 atom stereocenters. The number of ether oxygens (including phenoxy) is 2. The molecule has 4 rings (SSSR count). The van der Waals surface area contributed by atoms with Gasteiger partial charge >= 0.3 is 0 Å². The van der Waals surface area contributed by atoms with E-state index in [-0.39, 0.29) is 12.5 Å². The molecule has 9 nitrogen and oxygen atoms in total. The standard InChI is InChI=1S/C22H21N5O4S/c1-30-17-9-5-3-7-15(17)11-19-21(29)27(25-20(28)12-26-14-23-13-24-26)22(32-19)16-8-4-6-10-18(16)31-2/h3-11,13-14,22H,12H2,1-2H3,(H,25,28)/b19-11-. The summed E-state index contributed by atoms with van der Waals surface area (Å²) in [7, 11) is 3.15. The fourth-order valence-corrected chi connectivity index (χ4v) is 4.50. The van der Waals surface area contributed by atoms with E-state index in [2.05, 4.69) is 15.5 Å². The fourth-order valence-electron chi connectivity index (χ4n) is 3.28. The summed E-state index contributed by atoms with van der Waals surface area (Å²) in [4.78, 5) is 30.3. The van der Waals surface area contributed by atoms with Gasteiger partial charge in [-0.3, -0.25) is 15.0 Å². The Morgan fingerprint density at radius 3 is 2.56 bits per heavy atom. The van der Waals surface area contributed by atoms with E-state index in [0.717, 1.165) is 11.1 Å². The van der Waals surface area contributed by atoms with Crippen LogP contribution in [0.1, 0.15) is 16.5 Å². The molecule has 164 valence electrons. The Hall–Kier alpha value is -3.79. The van der Waals surface area contributed by atoms with Gasteiger partial charge in [0.25, 0.3) is 11.8 Å². The molecule has 1 aliphatic heterocycles. The van der Waals surface area contributed by atoms with Crippen molar-refractivity contribution < 1.29 is 19.1 Å². The number of carbonyl (C=O) groups is 2. The van der Waals surface area contributed by atoms with Crippen molar-refractivity contribution in [2.75, 3.05) is 14.2 Å². The van der Waals surface area contributed by atoms with E-state index in [1.807, 2.05) is 48.5 Å². The highest BCUT2D eigenvalue weighted by Crippen LogP contribution is 2.48. The molecule has 1 saturated heterocycles. The minimum atomic E-state index is -0.515. The number of hydrazine groups is 1. The highest BCUT2D eigenvalue weighted by atomic mass is 32.2. The van der Waals surface area contributed by atoms with Crippen LogP contribution in [0.2, 0.25) is 0 Å². The highest BCUT2D eigenvalue weighted by molar-refractivity contribution is 8.04. The lowest BCUT2D eigenvalue weighted by atomic mass is 10.1. The van der Waals surface area contributed by atoms with Crippen LogP contribution in [-0.2, 0) is 16.1 Å². The molecule has 10 heteroatoms. The van der Waals surface area contributed by atoms with Crippen molar-refractivity contribution in [3.05, 3.63) is 77.2 Å². The molecule has 2 heterocycles. The van der Waals surface area contributed by atoms with Crippen molar-refractivity contribution in [3.8, 4) is 11.5 Å². The Balaban J connectivity index is 1.68. The van der Waals surface area contributed by atoms with Crippen molar-refractivity contribution in [2.24, 2.45) is 0 Å². The quantitative estimate of drug-likeness (QED) is 0.552. The second kappa shape index (κ2) is 9.56. The normalized spacial score (nSPS) is 16.9. The number of nitrogens with zero attached hydrogens (tertiary/aromatic N) is 4. The van der Waals surface area contributed by atoms with Crippen molar-refractivity contribution in [1.29, 1.82) is 0 Å².